The summed E-state index contributed by atoms with van der Waals surface area (Å²) in [6.45, 7) is 0.450. The van der Waals surface area contributed by atoms with Crippen LogP contribution in [-0.4, -0.2) is 19.7 Å². The van der Waals surface area contributed by atoms with Crippen LogP contribution in [0.15, 0.2) is 91.5 Å². The van der Waals surface area contributed by atoms with E-state index in [0.29, 0.717) is 12.5 Å². The second kappa shape index (κ2) is 7.79. The summed E-state index contributed by atoms with van der Waals surface area (Å²) in [5.41, 5.74) is 6.31. The van der Waals surface area contributed by atoms with Crippen molar-refractivity contribution in [2.75, 3.05) is 0 Å². The van der Waals surface area contributed by atoms with E-state index in [1.165, 1.54) is 0 Å². The molecule has 0 saturated heterocycles. The quantitative estimate of drug-likeness (QED) is 0.408. The molecule has 0 aliphatic carbocycles. The smallest absolute Gasteiger partial charge is 0.241 e. The summed E-state index contributed by atoms with van der Waals surface area (Å²) in [5.74, 6) is 0.617. The van der Waals surface area contributed by atoms with Crippen LogP contribution >= 0.6 is 0 Å². The Hall–Kier alpha value is -3.99. The van der Waals surface area contributed by atoms with Crippen LogP contribution in [-0.2, 0) is 13.7 Å². The first-order valence-corrected chi connectivity index (χ1v) is 9.77. The average molecular weight is 392 g/mol. The van der Waals surface area contributed by atoms with Crippen molar-refractivity contribution in [1.29, 1.82) is 0 Å². The monoisotopic (exact) mass is 392 g/mol. The lowest BCUT2D eigenvalue weighted by atomic mass is 10.0. The van der Waals surface area contributed by atoms with Crippen molar-refractivity contribution in [3.05, 3.63) is 97.1 Å². The van der Waals surface area contributed by atoms with Crippen LogP contribution in [0.5, 0.6) is 5.88 Å². The summed E-state index contributed by atoms with van der Waals surface area (Å²) in [6.07, 6.45) is 7.42. The summed E-state index contributed by atoms with van der Waals surface area (Å²) in [4.78, 5) is 8.64. The molecule has 5 aromatic rings. The van der Waals surface area contributed by atoms with E-state index in [1.807, 2.05) is 49.8 Å². The van der Waals surface area contributed by atoms with Crippen molar-refractivity contribution >= 4 is 10.9 Å². The van der Waals surface area contributed by atoms with E-state index in [-0.39, 0.29) is 0 Å². The third-order valence-corrected chi connectivity index (χ3v) is 5.04. The summed E-state index contributed by atoms with van der Waals surface area (Å²) in [6, 6.07) is 22.6. The average Bonchev–Trinajstić information content (AvgIpc) is 3.19. The Labute approximate surface area is 174 Å². The first kappa shape index (κ1) is 18.1. The van der Waals surface area contributed by atoms with Crippen LogP contribution in [0, 0.1) is 0 Å². The predicted octanol–water partition coefficient (Wildman–Crippen LogP) is 5.28. The Morgan fingerprint density at radius 3 is 2.50 bits per heavy atom. The van der Waals surface area contributed by atoms with Gasteiger partial charge in [-0.2, -0.15) is 0 Å². The van der Waals surface area contributed by atoms with Crippen LogP contribution in [0.2, 0.25) is 0 Å². The van der Waals surface area contributed by atoms with Crippen molar-refractivity contribution in [3.63, 3.8) is 0 Å². The second-order valence-electron chi connectivity index (χ2n) is 7.16. The fraction of sp³-hybridized carbons (Fsp3) is 0.0800. The number of pyridine rings is 2. The Balaban J connectivity index is 1.33. The van der Waals surface area contributed by atoms with Gasteiger partial charge in [0.1, 0.15) is 6.61 Å². The van der Waals surface area contributed by atoms with Crippen LogP contribution in [0.4, 0.5) is 0 Å². The van der Waals surface area contributed by atoms with E-state index in [4.69, 9.17) is 4.74 Å². The van der Waals surface area contributed by atoms with E-state index < -0.39 is 0 Å². The maximum atomic E-state index is 6.04. The topological polar surface area (TPSA) is 52.8 Å². The number of hydrogen-bond donors (Lipinski definition) is 0. The van der Waals surface area contributed by atoms with Gasteiger partial charge >= 0.3 is 0 Å². The highest BCUT2D eigenvalue weighted by Gasteiger charge is 2.11. The molecule has 5 heteroatoms. The number of fused-ring (bicyclic) bond motifs is 1. The number of ether oxygens (including phenoxy) is 1. The highest BCUT2D eigenvalue weighted by atomic mass is 16.5. The number of nitrogens with zero attached hydrogens (tertiary/aromatic N) is 4. The number of rotatable bonds is 5. The van der Waals surface area contributed by atoms with Crippen molar-refractivity contribution in [3.8, 4) is 28.1 Å². The number of benzene rings is 2. The minimum atomic E-state index is 0.450. The molecule has 3 heterocycles. The molecule has 0 aliphatic heterocycles. The molecular weight excluding hydrogens is 372 g/mol. The number of hydrogen-bond acceptors (Lipinski definition) is 4. The van der Waals surface area contributed by atoms with Crippen LogP contribution < -0.4 is 4.74 Å². The van der Waals surface area contributed by atoms with Gasteiger partial charge < -0.3 is 4.74 Å². The van der Waals surface area contributed by atoms with E-state index in [0.717, 1.165) is 38.7 Å². The SMILES string of the molecule is Cn1cc(-c2ccncc2)c(OCc2ccc(-c3cnc4ccccc4c3)cc2)n1. The van der Waals surface area contributed by atoms with E-state index in [9.17, 15) is 0 Å². The molecule has 146 valence electrons. The Morgan fingerprint density at radius 1 is 0.867 bits per heavy atom. The first-order chi connectivity index (χ1) is 14.8. The molecule has 0 fully saturated rings. The van der Waals surface area contributed by atoms with Crippen molar-refractivity contribution in [1.82, 2.24) is 19.7 Å². The molecule has 5 rings (SSSR count). The summed E-state index contributed by atoms with van der Waals surface area (Å²) >= 11 is 0. The van der Waals surface area contributed by atoms with Crippen LogP contribution in [0.3, 0.4) is 0 Å². The Morgan fingerprint density at radius 2 is 1.67 bits per heavy atom. The maximum Gasteiger partial charge on any atom is 0.241 e. The molecule has 0 spiro atoms. The van der Waals surface area contributed by atoms with E-state index in [1.54, 1.807) is 17.1 Å². The van der Waals surface area contributed by atoms with Gasteiger partial charge in [-0.15, -0.1) is 5.10 Å². The molecule has 0 radical (unpaired) electrons. The summed E-state index contributed by atoms with van der Waals surface area (Å²) < 4.78 is 7.80. The van der Waals surface area contributed by atoms with Crippen LogP contribution in [0.1, 0.15) is 5.56 Å². The molecule has 2 aromatic carbocycles. The molecule has 3 aromatic heterocycles. The van der Waals surface area contributed by atoms with Crippen molar-refractivity contribution in [2.24, 2.45) is 7.05 Å². The molecule has 0 atom stereocenters. The molecule has 0 saturated carbocycles. The zero-order valence-corrected chi connectivity index (χ0v) is 16.6. The van der Waals surface area contributed by atoms with Gasteiger partial charge in [0.25, 0.3) is 0 Å². The molecule has 0 unspecified atom stereocenters. The molecular formula is C25H20N4O. The zero-order valence-electron chi connectivity index (χ0n) is 16.6. The number of para-hydroxylation sites is 1. The number of aryl methyl sites for hydroxylation is 1. The highest BCUT2D eigenvalue weighted by Crippen LogP contribution is 2.29. The Kier molecular flexibility index (Phi) is 4.69. The van der Waals surface area contributed by atoms with Gasteiger partial charge in [-0.3, -0.25) is 14.6 Å². The van der Waals surface area contributed by atoms with Crippen LogP contribution in [0.25, 0.3) is 33.2 Å². The van der Waals surface area contributed by atoms with Crippen molar-refractivity contribution < 1.29 is 4.74 Å². The van der Waals surface area contributed by atoms with Crippen molar-refractivity contribution in [2.45, 2.75) is 6.61 Å². The van der Waals surface area contributed by atoms with Gasteiger partial charge in [0, 0.05) is 42.8 Å². The molecule has 0 N–H and O–H groups in total. The van der Waals surface area contributed by atoms with Gasteiger partial charge in [0.15, 0.2) is 0 Å². The third kappa shape index (κ3) is 3.65. The fourth-order valence-electron chi connectivity index (χ4n) is 3.48. The number of aromatic nitrogens is 4. The fourth-order valence-corrected chi connectivity index (χ4v) is 3.48. The van der Waals surface area contributed by atoms with Gasteiger partial charge in [-0.1, -0.05) is 42.5 Å². The molecule has 0 amide bonds. The summed E-state index contributed by atoms with van der Waals surface area (Å²) in [5, 5.41) is 5.60. The van der Waals surface area contributed by atoms with Gasteiger partial charge in [-0.05, 0) is 41.0 Å². The molecule has 0 bridgehead atoms. The third-order valence-electron chi connectivity index (χ3n) is 5.04. The second-order valence-corrected chi connectivity index (χ2v) is 7.16. The standard InChI is InChI=1S/C25H20N4O/c1-29-16-23(20-10-12-26-13-11-20)25(28-29)30-17-18-6-8-19(9-7-18)22-14-21-4-2-3-5-24(21)27-15-22/h2-16H,17H2,1H3. The summed E-state index contributed by atoms with van der Waals surface area (Å²) in [7, 11) is 1.89. The van der Waals surface area contributed by atoms with E-state index in [2.05, 4.69) is 51.5 Å². The van der Waals surface area contributed by atoms with Gasteiger partial charge in [0.05, 0.1) is 11.1 Å². The molecule has 0 aliphatic rings. The molecule has 5 nitrogen and oxygen atoms in total. The lowest BCUT2D eigenvalue weighted by Gasteiger charge is -2.08. The van der Waals surface area contributed by atoms with Gasteiger partial charge in [-0.25, -0.2) is 0 Å². The lowest BCUT2D eigenvalue weighted by Crippen LogP contribution is -1.98. The largest absolute Gasteiger partial charge is 0.471 e. The minimum absolute atomic E-state index is 0.450. The lowest BCUT2D eigenvalue weighted by molar-refractivity contribution is 0.292. The highest BCUT2D eigenvalue weighted by molar-refractivity contribution is 5.83. The zero-order chi connectivity index (χ0) is 20.3. The minimum Gasteiger partial charge on any atom is -0.471 e. The Bertz CT molecular complexity index is 1290. The first-order valence-electron chi connectivity index (χ1n) is 9.77. The predicted molar refractivity (Wildman–Crippen MR) is 118 cm³/mol. The normalized spacial score (nSPS) is 11.0. The molecule has 30 heavy (non-hydrogen) atoms. The van der Waals surface area contributed by atoms with Gasteiger partial charge in [0.2, 0.25) is 5.88 Å². The van der Waals surface area contributed by atoms with E-state index >= 15 is 0 Å². The maximum absolute atomic E-state index is 6.04.